The van der Waals surface area contributed by atoms with E-state index in [1.165, 1.54) is 6.07 Å². The lowest BCUT2D eigenvalue weighted by Gasteiger charge is -2.06. The predicted molar refractivity (Wildman–Crippen MR) is 91.9 cm³/mol. The van der Waals surface area contributed by atoms with Crippen LogP contribution in [0.3, 0.4) is 0 Å². The number of fused-ring (bicyclic) bond motifs is 1. The molecule has 3 rings (SSSR count). The van der Waals surface area contributed by atoms with Gasteiger partial charge >= 0.3 is 11.6 Å². The standard InChI is InChI=1S/C20H16O4/c1-2-7-15-10-6-11-16-12-17(20(22)24-18(15)16)19(21)23-13-14-8-4-3-5-9-14/h2-6,8-12H,1,7,13H2. The summed E-state index contributed by atoms with van der Waals surface area (Å²) in [4.78, 5) is 24.3. The molecule has 0 amide bonds. The molecule has 0 radical (unpaired) electrons. The van der Waals surface area contributed by atoms with Gasteiger partial charge in [-0.05, 0) is 23.6 Å². The Hall–Kier alpha value is -3.14. The van der Waals surface area contributed by atoms with Gasteiger partial charge in [-0.3, -0.25) is 0 Å². The number of hydrogen-bond donors (Lipinski definition) is 0. The lowest BCUT2D eigenvalue weighted by molar-refractivity contribution is 0.0468. The molecule has 1 heterocycles. The molecule has 0 aliphatic rings. The molecular weight excluding hydrogens is 304 g/mol. The van der Waals surface area contributed by atoms with Gasteiger partial charge in [0.05, 0.1) is 0 Å². The monoisotopic (exact) mass is 320 g/mol. The predicted octanol–water partition coefficient (Wildman–Crippen LogP) is 3.88. The average Bonchev–Trinajstić information content (AvgIpc) is 2.61. The SMILES string of the molecule is C=CCc1cccc2cc(C(=O)OCc3ccccc3)c(=O)oc12. The highest BCUT2D eigenvalue weighted by atomic mass is 16.5. The normalized spacial score (nSPS) is 10.5. The van der Waals surface area contributed by atoms with Crippen LogP contribution >= 0.6 is 0 Å². The highest BCUT2D eigenvalue weighted by Gasteiger charge is 2.16. The van der Waals surface area contributed by atoms with Crippen LogP contribution in [0.25, 0.3) is 11.0 Å². The van der Waals surface area contributed by atoms with Gasteiger partial charge in [0.2, 0.25) is 0 Å². The Morgan fingerprint density at radius 3 is 2.67 bits per heavy atom. The zero-order valence-corrected chi connectivity index (χ0v) is 13.0. The molecule has 0 spiro atoms. The third kappa shape index (κ3) is 3.27. The van der Waals surface area contributed by atoms with Crippen LogP contribution in [-0.4, -0.2) is 5.97 Å². The van der Waals surface area contributed by atoms with E-state index < -0.39 is 11.6 Å². The van der Waals surface area contributed by atoms with E-state index in [4.69, 9.17) is 9.15 Å². The third-order valence-corrected chi connectivity index (χ3v) is 3.64. The molecule has 2 aromatic carbocycles. The van der Waals surface area contributed by atoms with Crippen molar-refractivity contribution in [2.24, 2.45) is 0 Å². The van der Waals surface area contributed by atoms with Gasteiger partial charge in [-0.2, -0.15) is 0 Å². The summed E-state index contributed by atoms with van der Waals surface area (Å²) >= 11 is 0. The maximum absolute atomic E-state index is 12.2. The van der Waals surface area contributed by atoms with Crippen molar-refractivity contribution >= 4 is 16.9 Å². The molecule has 0 bridgehead atoms. The molecule has 0 saturated carbocycles. The Labute approximate surface area is 139 Å². The second-order valence-corrected chi connectivity index (χ2v) is 5.34. The Bertz CT molecular complexity index is 939. The van der Waals surface area contributed by atoms with Gasteiger partial charge in [-0.15, -0.1) is 6.58 Å². The van der Waals surface area contributed by atoms with Crippen LogP contribution in [0.15, 0.2) is 76.5 Å². The second-order valence-electron chi connectivity index (χ2n) is 5.34. The summed E-state index contributed by atoms with van der Waals surface area (Å²) in [6.07, 6.45) is 2.31. The van der Waals surface area contributed by atoms with Gasteiger partial charge in [0.1, 0.15) is 17.8 Å². The fourth-order valence-corrected chi connectivity index (χ4v) is 2.46. The summed E-state index contributed by atoms with van der Waals surface area (Å²) in [6.45, 7) is 3.80. The minimum absolute atomic E-state index is 0.103. The Balaban J connectivity index is 1.89. The molecule has 0 fully saturated rings. The highest BCUT2D eigenvalue weighted by molar-refractivity contribution is 5.93. The van der Waals surface area contributed by atoms with Crippen molar-refractivity contribution in [3.63, 3.8) is 0 Å². The Kier molecular flexibility index (Phi) is 4.57. The molecule has 24 heavy (non-hydrogen) atoms. The van der Waals surface area contributed by atoms with Gasteiger partial charge < -0.3 is 9.15 Å². The fourth-order valence-electron chi connectivity index (χ4n) is 2.46. The number of esters is 1. The number of carbonyl (C=O) groups is 1. The minimum Gasteiger partial charge on any atom is -0.457 e. The van der Waals surface area contributed by atoms with Crippen molar-refractivity contribution < 1.29 is 13.9 Å². The van der Waals surface area contributed by atoms with Crippen LogP contribution < -0.4 is 5.63 Å². The largest absolute Gasteiger partial charge is 0.457 e. The van der Waals surface area contributed by atoms with Crippen LogP contribution in [0.1, 0.15) is 21.5 Å². The van der Waals surface area contributed by atoms with Crippen LogP contribution in [0, 0.1) is 0 Å². The van der Waals surface area contributed by atoms with Gasteiger partial charge in [0, 0.05) is 5.39 Å². The van der Waals surface area contributed by atoms with Crippen molar-refractivity contribution in [2.45, 2.75) is 13.0 Å². The first kappa shape index (κ1) is 15.7. The second kappa shape index (κ2) is 6.96. The van der Waals surface area contributed by atoms with E-state index in [1.54, 1.807) is 12.1 Å². The topological polar surface area (TPSA) is 56.5 Å². The zero-order valence-electron chi connectivity index (χ0n) is 13.0. The summed E-state index contributed by atoms with van der Waals surface area (Å²) < 4.78 is 10.6. The quantitative estimate of drug-likeness (QED) is 0.407. The lowest BCUT2D eigenvalue weighted by atomic mass is 10.1. The molecular formula is C20H16O4. The molecule has 0 atom stereocenters. The van der Waals surface area contributed by atoms with Crippen molar-refractivity contribution in [2.75, 3.05) is 0 Å². The van der Waals surface area contributed by atoms with Gasteiger partial charge in [0.25, 0.3) is 0 Å². The number of carbonyl (C=O) groups excluding carboxylic acids is 1. The molecule has 1 aromatic heterocycles. The Morgan fingerprint density at radius 2 is 1.92 bits per heavy atom. The first-order chi connectivity index (χ1) is 11.7. The van der Waals surface area contributed by atoms with Gasteiger partial charge in [-0.1, -0.05) is 54.6 Å². The molecule has 0 aliphatic carbocycles. The summed E-state index contributed by atoms with van der Waals surface area (Å²) in [5.74, 6) is -0.691. The summed E-state index contributed by atoms with van der Waals surface area (Å²) in [7, 11) is 0. The fraction of sp³-hybridized carbons (Fsp3) is 0.100. The molecule has 0 saturated heterocycles. The first-order valence-electron chi connectivity index (χ1n) is 7.56. The molecule has 0 aliphatic heterocycles. The van der Waals surface area contributed by atoms with Crippen LogP contribution in [0.5, 0.6) is 0 Å². The first-order valence-corrected chi connectivity index (χ1v) is 7.56. The van der Waals surface area contributed by atoms with Crippen LogP contribution in [-0.2, 0) is 17.8 Å². The van der Waals surface area contributed by atoms with Gasteiger partial charge in [0.15, 0.2) is 0 Å². The third-order valence-electron chi connectivity index (χ3n) is 3.64. The number of hydrogen-bond acceptors (Lipinski definition) is 4. The number of allylic oxidation sites excluding steroid dienone is 1. The molecule has 120 valence electrons. The summed E-state index contributed by atoms with van der Waals surface area (Å²) in [6, 6.07) is 16.3. The molecule has 4 nitrogen and oxygen atoms in total. The van der Waals surface area contributed by atoms with E-state index in [1.807, 2.05) is 42.5 Å². The smallest absolute Gasteiger partial charge is 0.351 e. The van der Waals surface area contributed by atoms with Crippen LogP contribution in [0.2, 0.25) is 0 Å². The Morgan fingerprint density at radius 1 is 1.12 bits per heavy atom. The molecule has 0 unspecified atom stereocenters. The van der Waals surface area contributed by atoms with Crippen molar-refractivity contribution in [3.8, 4) is 0 Å². The van der Waals surface area contributed by atoms with Crippen LogP contribution in [0.4, 0.5) is 0 Å². The minimum atomic E-state index is -0.697. The molecule has 3 aromatic rings. The maximum Gasteiger partial charge on any atom is 0.351 e. The van der Waals surface area contributed by atoms with E-state index in [0.717, 1.165) is 11.1 Å². The van der Waals surface area contributed by atoms with Crippen molar-refractivity contribution in [1.82, 2.24) is 0 Å². The number of benzene rings is 2. The summed E-state index contributed by atoms with van der Waals surface area (Å²) in [5.41, 5.74) is 1.38. The zero-order chi connectivity index (χ0) is 16.9. The van der Waals surface area contributed by atoms with E-state index in [-0.39, 0.29) is 12.2 Å². The number of rotatable bonds is 5. The van der Waals surface area contributed by atoms with E-state index in [2.05, 4.69) is 6.58 Å². The van der Waals surface area contributed by atoms with Crippen molar-refractivity contribution in [1.29, 1.82) is 0 Å². The average molecular weight is 320 g/mol. The maximum atomic E-state index is 12.2. The molecule has 4 heteroatoms. The molecule has 0 N–H and O–H groups in total. The number of ether oxygens (including phenoxy) is 1. The van der Waals surface area contributed by atoms with E-state index >= 15 is 0 Å². The lowest BCUT2D eigenvalue weighted by Crippen LogP contribution is -2.16. The summed E-state index contributed by atoms with van der Waals surface area (Å²) in [5, 5.41) is 0.681. The highest BCUT2D eigenvalue weighted by Crippen LogP contribution is 2.19. The van der Waals surface area contributed by atoms with Crippen molar-refractivity contribution in [3.05, 3.63) is 94.4 Å². The number of para-hydroxylation sites is 1. The van der Waals surface area contributed by atoms with Gasteiger partial charge in [-0.25, -0.2) is 9.59 Å². The van der Waals surface area contributed by atoms with E-state index in [0.29, 0.717) is 17.4 Å². The van der Waals surface area contributed by atoms with E-state index in [9.17, 15) is 9.59 Å².